The monoisotopic (exact) mass is 1420 g/mol. The fourth-order valence-electron chi connectivity index (χ4n) is 9.65. The number of carbonyl (C=O) groups excluding carboxylic acids is 4. The van der Waals surface area contributed by atoms with Gasteiger partial charge in [-0.3, -0.25) is 37.3 Å². The molecule has 0 aromatic rings. The van der Waals surface area contributed by atoms with E-state index in [1.54, 1.807) is 0 Å². The molecule has 0 bridgehead atoms. The van der Waals surface area contributed by atoms with Gasteiger partial charge in [0.25, 0.3) is 0 Å². The molecule has 17 nitrogen and oxygen atoms in total. The van der Waals surface area contributed by atoms with Crippen LogP contribution in [0.15, 0.2) is 122 Å². The molecule has 98 heavy (non-hydrogen) atoms. The minimum Gasteiger partial charge on any atom is -0.462 e. The standard InChI is InChI=1S/C79H134O17P2/c1-5-9-13-17-21-25-29-32-34-35-36-37-39-42-45-48-52-56-60-64-77(82)89-69-74(95-78(83)65-61-57-53-49-43-28-24-20-16-12-8-4)71-93-97(85,86)91-67-73(80)68-92-98(87,88)94-72-75(96-79(84)66-62-58-54-50-46-40-31-27-23-19-15-11-7-3)70-90-76(81)63-59-55-51-47-44-41-38-33-30-26-22-18-14-10-6-2/h9-10,13-14,20-22,24-27,31-34,36-38,44,47,73-75,80H,5-8,11-12,15-19,23,28-30,35,39-43,45-46,48-72H2,1-4H3,(H,85,86)(H,87,88)/b13-9-,14-10-,24-20-,25-21-,26-22-,31-27-,34-32-,37-36-,38-33-,47-44-. The maximum absolute atomic E-state index is 13.1. The van der Waals surface area contributed by atoms with Gasteiger partial charge in [-0.05, 0) is 148 Å². The van der Waals surface area contributed by atoms with Crippen LogP contribution in [-0.4, -0.2) is 96.7 Å². The molecular formula is C79H134O17P2. The smallest absolute Gasteiger partial charge is 0.462 e. The lowest BCUT2D eigenvalue weighted by Crippen LogP contribution is -2.30. The van der Waals surface area contributed by atoms with Gasteiger partial charge in [-0.25, -0.2) is 9.13 Å². The van der Waals surface area contributed by atoms with Gasteiger partial charge in [-0.15, -0.1) is 0 Å². The molecule has 3 N–H and O–H groups in total. The number of hydrogen-bond donors (Lipinski definition) is 3. The number of carbonyl (C=O) groups is 4. The summed E-state index contributed by atoms with van der Waals surface area (Å²) in [5.41, 5.74) is 0. The predicted molar refractivity (Wildman–Crippen MR) is 399 cm³/mol. The first-order valence-electron chi connectivity index (χ1n) is 37.8. The van der Waals surface area contributed by atoms with Crippen molar-refractivity contribution in [1.29, 1.82) is 0 Å². The highest BCUT2D eigenvalue weighted by atomic mass is 31.2. The summed E-state index contributed by atoms with van der Waals surface area (Å²) >= 11 is 0. The highest BCUT2D eigenvalue weighted by molar-refractivity contribution is 7.47. The summed E-state index contributed by atoms with van der Waals surface area (Å²) in [4.78, 5) is 72.8. The summed E-state index contributed by atoms with van der Waals surface area (Å²) in [5, 5.41) is 10.6. The Balaban J connectivity index is 5.35. The van der Waals surface area contributed by atoms with Crippen LogP contribution in [-0.2, 0) is 65.4 Å². The summed E-state index contributed by atoms with van der Waals surface area (Å²) in [6.45, 7) is 4.50. The Kier molecular flexibility index (Phi) is 67.6. The third-order valence-electron chi connectivity index (χ3n) is 15.4. The molecular weight excluding hydrogens is 1280 g/mol. The zero-order valence-electron chi connectivity index (χ0n) is 61.2. The minimum absolute atomic E-state index is 0.0739. The first-order chi connectivity index (χ1) is 47.7. The molecule has 0 fully saturated rings. The lowest BCUT2D eigenvalue weighted by atomic mass is 10.1. The van der Waals surface area contributed by atoms with E-state index in [2.05, 4.69) is 149 Å². The number of allylic oxidation sites excluding steroid dienone is 20. The Morgan fingerprint density at radius 1 is 0.296 bits per heavy atom. The summed E-state index contributed by atoms with van der Waals surface area (Å²) in [6.07, 6.45) is 76.3. The number of phosphoric ester groups is 2. The lowest BCUT2D eigenvalue weighted by Gasteiger charge is -2.21. The van der Waals surface area contributed by atoms with Gasteiger partial charge in [0.2, 0.25) is 0 Å². The van der Waals surface area contributed by atoms with Crippen molar-refractivity contribution in [3.8, 4) is 0 Å². The Morgan fingerprint density at radius 2 is 0.541 bits per heavy atom. The molecule has 0 aliphatic heterocycles. The van der Waals surface area contributed by atoms with Crippen LogP contribution in [0.2, 0.25) is 0 Å². The lowest BCUT2D eigenvalue weighted by molar-refractivity contribution is -0.161. The van der Waals surface area contributed by atoms with Crippen LogP contribution < -0.4 is 0 Å². The van der Waals surface area contributed by atoms with Crippen molar-refractivity contribution < 1.29 is 80.2 Å². The molecule has 0 aliphatic rings. The van der Waals surface area contributed by atoms with Crippen molar-refractivity contribution in [2.24, 2.45) is 0 Å². The van der Waals surface area contributed by atoms with E-state index in [0.717, 1.165) is 180 Å². The second kappa shape index (κ2) is 70.9. The summed E-state index contributed by atoms with van der Waals surface area (Å²) in [6, 6.07) is 0. The van der Waals surface area contributed by atoms with Crippen LogP contribution in [0.1, 0.15) is 297 Å². The molecule has 0 aliphatic carbocycles. The second-order valence-electron chi connectivity index (χ2n) is 24.8. The van der Waals surface area contributed by atoms with Crippen molar-refractivity contribution in [1.82, 2.24) is 0 Å². The highest BCUT2D eigenvalue weighted by Gasteiger charge is 2.30. The normalized spacial score (nSPS) is 14.6. The van der Waals surface area contributed by atoms with Crippen molar-refractivity contribution in [2.45, 2.75) is 316 Å². The number of ether oxygens (including phenoxy) is 4. The van der Waals surface area contributed by atoms with E-state index < -0.39 is 97.5 Å². The minimum atomic E-state index is -4.98. The third kappa shape index (κ3) is 69.9. The molecule has 19 heteroatoms. The SMILES string of the molecule is CC/C=C\C/C=C\C/C=C\C/C=C\CCCCCCCCC(=O)OCC(COP(=O)(O)OCC(O)COP(=O)(O)OCC(COC(=O)CCCC/C=C\C/C=C\C/C=C\C/C=C\CC)OC(=O)CCCCCCC/C=C\CCCCCC)OC(=O)CCCCCCC/C=C\CCCC. The van der Waals surface area contributed by atoms with E-state index in [0.29, 0.717) is 25.7 Å². The number of aliphatic hydroxyl groups excluding tert-OH is 1. The third-order valence-corrected chi connectivity index (χ3v) is 17.3. The van der Waals surface area contributed by atoms with Gasteiger partial charge in [0, 0.05) is 25.7 Å². The van der Waals surface area contributed by atoms with Crippen LogP contribution in [0.25, 0.3) is 0 Å². The molecule has 0 rings (SSSR count). The van der Waals surface area contributed by atoms with Crippen LogP contribution >= 0.6 is 15.6 Å². The Morgan fingerprint density at radius 3 is 0.878 bits per heavy atom. The van der Waals surface area contributed by atoms with Crippen LogP contribution in [0.4, 0.5) is 0 Å². The Bertz CT molecular complexity index is 2340. The van der Waals surface area contributed by atoms with Gasteiger partial charge in [0.1, 0.15) is 19.3 Å². The van der Waals surface area contributed by atoms with Gasteiger partial charge in [-0.2, -0.15) is 0 Å². The summed E-state index contributed by atoms with van der Waals surface area (Å²) < 4.78 is 68.3. The maximum Gasteiger partial charge on any atom is 0.472 e. The maximum atomic E-state index is 13.1. The van der Waals surface area contributed by atoms with Gasteiger partial charge < -0.3 is 33.8 Å². The van der Waals surface area contributed by atoms with Crippen molar-refractivity contribution in [2.75, 3.05) is 39.6 Å². The molecule has 562 valence electrons. The van der Waals surface area contributed by atoms with Gasteiger partial charge in [0.15, 0.2) is 12.2 Å². The summed E-state index contributed by atoms with van der Waals surface area (Å²) in [7, 11) is -9.97. The fourth-order valence-corrected chi connectivity index (χ4v) is 11.2. The molecule has 0 aromatic heterocycles. The van der Waals surface area contributed by atoms with Gasteiger partial charge in [0.05, 0.1) is 26.4 Å². The average molecular weight is 1420 g/mol. The number of phosphoric acid groups is 2. The first-order valence-corrected chi connectivity index (χ1v) is 40.8. The Labute approximate surface area is 593 Å². The van der Waals surface area contributed by atoms with E-state index >= 15 is 0 Å². The van der Waals surface area contributed by atoms with Crippen molar-refractivity contribution in [3.63, 3.8) is 0 Å². The number of esters is 4. The zero-order valence-corrected chi connectivity index (χ0v) is 63.0. The van der Waals surface area contributed by atoms with E-state index in [-0.39, 0.29) is 25.7 Å². The molecule has 0 aromatic carbocycles. The molecule has 0 spiro atoms. The van der Waals surface area contributed by atoms with Crippen LogP contribution in [0.5, 0.6) is 0 Å². The molecule has 0 amide bonds. The van der Waals surface area contributed by atoms with E-state index in [1.165, 1.54) is 38.5 Å². The number of aliphatic hydroxyl groups is 1. The number of hydrogen-bond acceptors (Lipinski definition) is 15. The fraction of sp³-hybridized carbons (Fsp3) is 0.696. The zero-order chi connectivity index (χ0) is 71.8. The average Bonchev–Trinajstić information content (AvgIpc) is 1.00. The molecule has 5 atom stereocenters. The molecule has 5 unspecified atom stereocenters. The molecule has 0 heterocycles. The summed E-state index contributed by atoms with van der Waals surface area (Å²) in [5.74, 6) is -2.26. The number of rotatable bonds is 70. The predicted octanol–water partition coefficient (Wildman–Crippen LogP) is 21.6. The topological polar surface area (TPSA) is 237 Å². The highest BCUT2D eigenvalue weighted by Crippen LogP contribution is 2.45. The molecule has 0 saturated heterocycles. The largest absolute Gasteiger partial charge is 0.472 e. The van der Waals surface area contributed by atoms with E-state index in [1.807, 2.05) is 0 Å². The van der Waals surface area contributed by atoms with Crippen LogP contribution in [0, 0.1) is 0 Å². The molecule has 0 radical (unpaired) electrons. The number of unbranched alkanes of at least 4 members (excludes halogenated alkanes) is 24. The first kappa shape index (κ1) is 93.5. The quantitative estimate of drug-likeness (QED) is 0.0169. The van der Waals surface area contributed by atoms with E-state index in [9.17, 15) is 43.2 Å². The Hall–Kier alpha value is -4.54. The van der Waals surface area contributed by atoms with Gasteiger partial charge in [-0.1, -0.05) is 246 Å². The van der Waals surface area contributed by atoms with Crippen molar-refractivity contribution in [3.05, 3.63) is 122 Å². The molecule has 0 saturated carbocycles. The van der Waals surface area contributed by atoms with Gasteiger partial charge >= 0.3 is 39.5 Å². The van der Waals surface area contributed by atoms with Crippen LogP contribution in [0.3, 0.4) is 0 Å². The second-order valence-corrected chi connectivity index (χ2v) is 27.7. The van der Waals surface area contributed by atoms with Crippen molar-refractivity contribution >= 4 is 39.5 Å². The van der Waals surface area contributed by atoms with E-state index in [4.69, 9.17) is 37.0 Å².